The maximum Gasteiger partial charge on any atom is 0.239 e. The van der Waals surface area contributed by atoms with E-state index in [0.717, 1.165) is 16.8 Å². The molecule has 4 nitrogen and oxygen atoms in total. The van der Waals surface area contributed by atoms with Crippen LogP contribution in [0.15, 0.2) is 48.5 Å². The lowest BCUT2D eigenvalue weighted by Gasteiger charge is -2.26. The molecule has 2 aromatic rings. The van der Waals surface area contributed by atoms with Crippen LogP contribution in [0.4, 0.5) is 11.4 Å². The van der Waals surface area contributed by atoms with Gasteiger partial charge in [0.25, 0.3) is 0 Å². The summed E-state index contributed by atoms with van der Waals surface area (Å²) in [6, 6.07) is 15.2. The summed E-state index contributed by atoms with van der Waals surface area (Å²) in [4.78, 5) is 25.5. The zero-order valence-corrected chi connectivity index (χ0v) is 16.4. The minimum absolute atomic E-state index is 0.113. The molecule has 0 aromatic heterocycles. The van der Waals surface area contributed by atoms with Gasteiger partial charge in [-0.25, -0.2) is 0 Å². The van der Waals surface area contributed by atoms with Gasteiger partial charge in [-0.05, 0) is 55.5 Å². The lowest BCUT2D eigenvalue weighted by Crippen LogP contribution is -2.42. The van der Waals surface area contributed by atoms with Crippen LogP contribution in [0.5, 0.6) is 0 Å². The first kappa shape index (κ1) is 19.7. The highest BCUT2D eigenvalue weighted by atomic mass is 16.2. The van der Waals surface area contributed by atoms with E-state index in [2.05, 4.69) is 31.4 Å². The quantitative estimate of drug-likeness (QED) is 0.769. The summed E-state index contributed by atoms with van der Waals surface area (Å²) in [6.45, 7) is 11.5. The Balaban J connectivity index is 2.19. The fraction of sp³-hybridized carbons (Fsp3) is 0.364. The Bertz CT molecular complexity index is 817. The second kappa shape index (κ2) is 7.32. The first-order chi connectivity index (χ1) is 12.0. The third kappa shape index (κ3) is 4.51. The smallest absolute Gasteiger partial charge is 0.239 e. The fourth-order valence-electron chi connectivity index (χ4n) is 2.64. The van der Waals surface area contributed by atoms with Gasteiger partial charge in [-0.15, -0.1) is 0 Å². The summed E-state index contributed by atoms with van der Waals surface area (Å²) >= 11 is 0. The second-order valence-corrected chi connectivity index (χ2v) is 8.20. The number of aryl methyl sites for hydroxylation is 1. The monoisotopic (exact) mass is 352 g/mol. The molecule has 0 unspecified atom stereocenters. The summed E-state index contributed by atoms with van der Waals surface area (Å²) in [6.07, 6.45) is 0. The van der Waals surface area contributed by atoms with E-state index in [1.807, 2.05) is 55.5 Å². The molecule has 0 aliphatic carbocycles. The highest BCUT2D eigenvalue weighted by Crippen LogP contribution is 2.31. The molecule has 2 amide bonds. The number of carbonyl (C=O) groups is 2. The summed E-state index contributed by atoms with van der Waals surface area (Å²) in [5.74, 6) is -0.673. The van der Waals surface area contributed by atoms with Gasteiger partial charge in [-0.3, -0.25) is 9.59 Å². The summed E-state index contributed by atoms with van der Waals surface area (Å²) < 4.78 is 0. The van der Waals surface area contributed by atoms with Crippen LogP contribution in [-0.4, -0.2) is 11.8 Å². The maximum atomic E-state index is 12.8. The van der Waals surface area contributed by atoms with Gasteiger partial charge in [0.15, 0.2) is 0 Å². The molecule has 0 spiro atoms. The zero-order chi connectivity index (χ0) is 19.5. The van der Waals surface area contributed by atoms with E-state index in [0.29, 0.717) is 5.69 Å². The molecular formula is C22H28N2O2. The van der Waals surface area contributed by atoms with E-state index >= 15 is 0 Å². The normalized spacial score (nSPS) is 11.8. The predicted octanol–water partition coefficient (Wildman–Crippen LogP) is 4.90. The van der Waals surface area contributed by atoms with Crippen molar-refractivity contribution in [1.82, 2.24) is 0 Å². The zero-order valence-electron chi connectivity index (χ0n) is 16.4. The largest absolute Gasteiger partial charge is 0.325 e. The van der Waals surface area contributed by atoms with Crippen LogP contribution in [0.3, 0.4) is 0 Å². The SMILES string of the molecule is Cc1cccc(NC(=O)C(C)(C)C(=O)Nc2ccccc2C(C)(C)C)c1. The lowest BCUT2D eigenvalue weighted by molar-refractivity contribution is -0.135. The number of para-hydroxylation sites is 1. The van der Waals surface area contributed by atoms with Crippen molar-refractivity contribution in [2.24, 2.45) is 5.41 Å². The molecule has 0 aliphatic rings. The van der Waals surface area contributed by atoms with Crippen LogP contribution in [0.1, 0.15) is 45.7 Å². The van der Waals surface area contributed by atoms with Crippen LogP contribution in [0.25, 0.3) is 0 Å². The standard InChI is InChI=1S/C22H28N2O2/c1-15-10-9-11-16(14-15)23-19(25)22(5,6)20(26)24-18-13-8-7-12-17(18)21(2,3)4/h7-14H,1-6H3,(H,23,25)(H,24,26). The summed E-state index contributed by atoms with van der Waals surface area (Å²) in [5, 5.41) is 5.77. The van der Waals surface area contributed by atoms with E-state index in [-0.39, 0.29) is 17.2 Å². The molecule has 0 atom stereocenters. The Hall–Kier alpha value is -2.62. The Labute approximate surface area is 156 Å². The molecule has 0 bridgehead atoms. The molecule has 0 saturated carbocycles. The van der Waals surface area contributed by atoms with Gasteiger partial charge in [0.2, 0.25) is 11.8 Å². The number of amides is 2. The molecule has 0 aliphatic heterocycles. The van der Waals surface area contributed by atoms with Crippen molar-refractivity contribution in [2.45, 2.75) is 47.0 Å². The summed E-state index contributed by atoms with van der Waals surface area (Å²) in [5.41, 5.74) is 2.17. The number of carbonyl (C=O) groups excluding carboxylic acids is 2. The van der Waals surface area contributed by atoms with Crippen molar-refractivity contribution in [3.05, 3.63) is 59.7 Å². The Morgan fingerprint density at radius 2 is 1.42 bits per heavy atom. The van der Waals surface area contributed by atoms with Crippen molar-refractivity contribution in [2.75, 3.05) is 10.6 Å². The third-order valence-electron chi connectivity index (χ3n) is 4.39. The van der Waals surface area contributed by atoms with Crippen LogP contribution in [-0.2, 0) is 15.0 Å². The fourth-order valence-corrected chi connectivity index (χ4v) is 2.64. The van der Waals surface area contributed by atoms with E-state index in [9.17, 15) is 9.59 Å². The molecule has 4 heteroatoms. The molecule has 2 aromatic carbocycles. The van der Waals surface area contributed by atoms with Crippen molar-refractivity contribution >= 4 is 23.2 Å². The first-order valence-electron chi connectivity index (χ1n) is 8.81. The van der Waals surface area contributed by atoms with E-state index < -0.39 is 5.41 Å². The van der Waals surface area contributed by atoms with E-state index in [1.54, 1.807) is 13.8 Å². The van der Waals surface area contributed by atoms with E-state index in [1.165, 1.54) is 0 Å². The predicted molar refractivity (Wildman–Crippen MR) is 107 cm³/mol. The topological polar surface area (TPSA) is 58.2 Å². The van der Waals surface area contributed by atoms with Crippen molar-refractivity contribution in [3.63, 3.8) is 0 Å². The molecule has 26 heavy (non-hydrogen) atoms. The molecule has 2 rings (SSSR count). The minimum Gasteiger partial charge on any atom is -0.325 e. The Morgan fingerprint density at radius 1 is 0.808 bits per heavy atom. The van der Waals surface area contributed by atoms with Crippen LogP contribution in [0, 0.1) is 12.3 Å². The van der Waals surface area contributed by atoms with Gasteiger partial charge in [0.05, 0.1) is 0 Å². The van der Waals surface area contributed by atoms with Crippen LogP contribution >= 0.6 is 0 Å². The molecule has 0 fully saturated rings. The highest BCUT2D eigenvalue weighted by molar-refractivity contribution is 6.14. The number of benzene rings is 2. The van der Waals surface area contributed by atoms with Gasteiger partial charge < -0.3 is 10.6 Å². The first-order valence-corrected chi connectivity index (χ1v) is 8.81. The van der Waals surface area contributed by atoms with Crippen LogP contribution in [0.2, 0.25) is 0 Å². The number of nitrogens with one attached hydrogen (secondary N) is 2. The average molecular weight is 352 g/mol. The number of rotatable bonds is 4. The molecule has 2 N–H and O–H groups in total. The molecule has 0 radical (unpaired) electrons. The Morgan fingerprint density at radius 3 is 2.04 bits per heavy atom. The van der Waals surface area contributed by atoms with Gasteiger partial charge in [-0.2, -0.15) is 0 Å². The molecule has 138 valence electrons. The number of anilines is 2. The van der Waals surface area contributed by atoms with Crippen molar-refractivity contribution in [1.29, 1.82) is 0 Å². The van der Waals surface area contributed by atoms with Crippen molar-refractivity contribution < 1.29 is 9.59 Å². The van der Waals surface area contributed by atoms with Gasteiger partial charge >= 0.3 is 0 Å². The third-order valence-corrected chi connectivity index (χ3v) is 4.39. The maximum absolute atomic E-state index is 12.8. The molecule has 0 heterocycles. The lowest BCUT2D eigenvalue weighted by atomic mass is 9.85. The van der Waals surface area contributed by atoms with Crippen LogP contribution < -0.4 is 10.6 Å². The van der Waals surface area contributed by atoms with Crippen molar-refractivity contribution in [3.8, 4) is 0 Å². The van der Waals surface area contributed by atoms with Gasteiger partial charge in [-0.1, -0.05) is 51.1 Å². The molecular weight excluding hydrogens is 324 g/mol. The minimum atomic E-state index is -1.21. The van der Waals surface area contributed by atoms with Gasteiger partial charge in [0.1, 0.15) is 5.41 Å². The molecule has 0 saturated heterocycles. The highest BCUT2D eigenvalue weighted by Gasteiger charge is 2.36. The number of hydrogen-bond acceptors (Lipinski definition) is 2. The second-order valence-electron chi connectivity index (χ2n) is 8.20. The van der Waals surface area contributed by atoms with E-state index in [4.69, 9.17) is 0 Å². The summed E-state index contributed by atoms with van der Waals surface area (Å²) in [7, 11) is 0. The number of hydrogen-bond donors (Lipinski definition) is 2. The Kier molecular flexibility index (Phi) is 5.55. The average Bonchev–Trinajstić information content (AvgIpc) is 2.54. The van der Waals surface area contributed by atoms with Gasteiger partial charge in [0, 0.05) is 11.4 Å².